The first-order chi connectivity index (χ1) is 11.8. The number of para-hydroxylation sites is 2. The zero-order chi connectivity index (χ0) is 16.8. The smallest absolute Gasteiger partial charge is 0.191 e. The van der Waals surface area contributed by atoms with E-state index >= 15 is 0 Å². The van der Waals surface area contributed by atoms with Crippen molar-refractivity contribution in [2.24, 2.45) is 4.99 Å². The van der Waals surface area contributed by atoms with Crippen molar-refractivity contribution in [3.8, 4) is 0 Å². The van der Waals surface area contributed by atoms with Crippen molar-refractivity contribution in [3.05, 3.63) is 30.1 Å². The molecule has 1 unspecified atom stereocenters. The lowest BCUT2D eigenvalue weighted by Crippen LogP contribution is -2.45. The summed E-state index contributed by atoms with van der Waals surface area (Å²) in [6, 6.07) is 8.76. The number of likely N-dealkylation sites (tertiary alicyclic amines) is 1. The predicted molar refractivity (Wildman–Crippen MR) is 115 cm³/mol. The van der Waals surface area contributed by atoms with E-state index in [-0.39, 0.29) is 24.0 Å². The van der Waals surface area contributed by atoms with E-state index in [9.17, 15) is 0 Å². The first-order valence-electron chi connectivity index (χ1n) is 8.92. The zero-order valence-electron chi connectivity index (χ0n) is 15.1. The largest absolute Gasteiger partial charge is 0.356 e. The highest BCUT2D eigenvalue weighted by molar-refractivity contribution is 14.0. The molecule has 2 aromatic rings. The molecular weight excluding hydrogens is 427 g/mol. The van der Waals surface area contributed by atoms with Crippen LogP contribution in [0.25, 0.3) is 11.0 Å². The van der Waals surface area contributed by atoms with Gasteiger partial charge in [-0.25, -0.2) is 4.98 Å². The second kappa shape index (κ2) is 9.96. The van der Waals surface area contributed by atoms with Crippen molar-refractivity contribution >= 4 is 41.0 Å². The fourth-order valence-electron chi connectivity index (χ4n) is 3.40. The minimum absolute atomic E-state index is 0. The Balaban J connectivity index is 0.00000225. The van der Waals surface area contributed by atoms with Crippen molar-refractivity contribution < 1.29 is 0 Å². The van der Waals surface area contributed by atoms with Crippen LogP contribution in [0.5, 0.6) is 0 Å². The molecule has 0 radical (unpaired) electrons. The molecule has 1 saturated heterocycles. The van der Waals surface area contributed by atoms with E-state index in [0.717, 1.165) is 48.9 Å². The summed E-state index contributed by atoms with van der Waals surface area (Å²) in [6.07, 6.45) is 3.43. The number of benzene rings is 1. The monoisotopic (exact) mass is 456 g/mol. The van der Waals surface area contributed by atoms with E-state index in [1.54, 1.807) is 0 Å². The maximum absolute atomic E-state index is 4.60. The summed E-state index contributed by atoms with van der Waals surface area (Å²) in [5.41, 5.74) is 2.12. The van der Waals surface area contributed by atoms with E-state index < -0.39 is 0 Å². The molecule has 1 aromatic heterocycles. The Morgan fingerprint density at radius 3 is 2.96 bits per heavy atom. The van der Waals surface area contributed by atoms with Gasteiger partial charge in [-0.3, -0.25) is 9.89 Å². The number of hydrogen-bond acceptors (Lipinski definition) is 3. The number of likely N-dealkylation sites (N-methyl/N-ethyl adjacent to an activating group) is 1. The van der Waals surface area contributed by atoms with Gasteiger partial charge in [0.2, 0.25) is 0 Å². The molecule has 6 nitrogen and oxygen atoms in total. The number of H-pyrrole nitrogens is 1. The van der Waals surface area contributed by atoms with Crippen LogP contribution in [0.4, 0.5) is 0 Å². The van der Waals surface area contributed by atoms with E-state index in [4.69, 9.17) is 0 Å². The van der Waals surface area contributed by atoms with Gasteiger partial charge in [-0.15, -0.1) is 24.0 Å². The summed E-state index contributed by atoms with van der Waals surface area (Å²) < 4.78 is 0. The van der Waals surface area contributed by atoms with Gasteiger partial charge in [0, 0.05) is 32.6 Å². The Bertz CT molecular complexity index is 650. The van der Waals surface area contributed by atoms with Gasteiger partial charge in [-0.2, -0.15) is 0 Å². The number of aromatic amines is 1. The maximum Gasteiger partial charge on any atom is 0.191 e. The highest BCUT2D eigenvalue weighted by atomic mass is 127. The average Bonchev–Trinajstić information content (AvgIpc) is 3.23. The molecule has 7 heteroatoms. The first-order valence-corrected chi connectivity index (χ1v) is 8.92. The van der Waals surface area contributed by atoms with Crippen LogP contribution in [0, 0.1) is 0 Å². The number of guanidine groups is 1. The number of imidazole rings is 1. The van der Waals surface area contributed by atoms with Gasteiger partial charge in [0.25, 0.3) is 0 Å². The Kier molecular flexibility index (Phi) is 7.95. The molecule has 1 aliphatic heterocycles. The van der Waals surface area contributed by atoms with Crippen LogP contribution in [-0.2, 0) is 6.42 Å². The molecule has 138 valence electrons. The van der Waals surface area contributed by atoms with Crippen LogP contribution in [0.2, 0.25) is 0 Å². The summed E-state index contributed by atoms with van der Waals surface area (Å²) in [4.78, 5) is 14.8. The number of nitrogens with zero attached hydrogens (tertiary/aromatic N) is 3. The quantitative estimate of drug-likeness (QED) is 0.355. The Morgan fingerprint density at radius 1 is 1.36 bits per heavy atom. The number of halogens is 1. The Labute approximate surface area is 166 Å². The second-order valence-electron chi connectivity index (χ2n) is 6.26. The van der Waals surface area contributed by atoms with Crippen LogP contribution in [0.15, 0.2) is 29.3 Å². The number of nitrogens with one attached hydrogen (secondary N) is 3. The van der Waals surface area contributed by atoms with E-state index in [1.165, 1.54) is 19.4 Å². The molecule has 25 heavy (non-hydrogen) atoms. The molecule has 0 amide bonds. The third-order valence-corrected chi connectivity index (χ3v) is 4.73. The number of fused-ring (bicyclic) bond motifs is 1. The zero-order valence-corrected chi connectivity index (χ0v) is 17.4. The molecular formula is C18H29IN6. The van der Waals surface area contributed by atoms with Crippen molar-refractivity contribution in [3.63, 3.8) is 0 Å². The molecule has 0 aliphatic carbocycles. The maximum atomic E-state index is 4.60. The fraction of sp³-hybridized carbons (Fsp3) is 0.556. The highest BCUT2D eigenvalue weighted by Crippen LogP contribution is 2.15. The Morgan fingerprint density at radius 2 is 2.20 bits per heavy atom. The van der Waals surface area contributed by atoms with Crippen molar-refractivity contribution in [1.82, 2.24) is 25.5 Å². The van der Waals surface area contributed by atoms with Gasteiger partial charge in [0.1, 0.15) is 5.82 Å². The molecule has 0 saturated carbocycles. The second-order valence-corrected chi connectivity index (χ2v) is 6.26. The third-order valence-electron chi connectivity index (χ3n) is 4.73. The van der Waals surface area contributed by atoms with Gasteiger partial charge in [0.15, 0.2) is 5.96 Å². The average molecular weight is 456 g/mol. The fourth-order valence-corrected chi connectivity index (χ4v) is 3.40. The number of hydrogen-bond donors (Lipinski definition) is 3. The first kappa shape index (κ1) is 20.0. The minimum Gasteiger partial charge on any atom is -0.356 e. The third kappa shape index (κ3) is 5.31. The molecule has 1 atom stereocenters. The molecule has 1 aromatic carbocycles. The number of rotatable bonds is 6. The molecule has 1 fully saturated rings. The minimum atomic E-state index is 0. The molecule has 2 heterocycles. The van der Waals surface area contributed by atoms with Crippen LogP contribution >= 0.6 is 24.0 Å². The Hall–Kier alpha value is -1.35. The van der Waals surface area contributed by atoms with Crippen LogP contribution in [0.1, 0.15) is 25.6 Å². The van der Waals surface area contributed by atoms with Gasteiger partial charge < -0.3 is 15.6 Å². The number of aliphatic imine (C=N–C) groups is 1. The normalized spacial score (nSPS) is 18.3. The van der Waals surface area contributed by atoms with Gasteiger partial charge in [0.05, 0.1) is 11.0 Å². The predicted octanol–water partition coefficient (Wildman–Crippen LogP) is 2.37. The lowest BCUT2D eigenvalue weighted by atomic mass is 10.2. The lowest BCUT2D eigenvalue weighted by Gasteiger charge is -2.23. The van der Waals surface area contributed by atoms with E-state index in [0.29, 0.717) is 6.04 Å². The highest BCUT2D eigenvalue weighted by Gasteiger charge is 2.22. The van der Waals surface area contributed by atoms with Gasteiger partial charge in [-0.1, -0.05) is 19.1 Å². The van der Waals surface area contributed by atoms with Crippen molar-refractivity contribution in [2.45, 2.75) is 32.2 Å². The molecule has 0 spiro atoms. The summed E-state index contributed by atoms with van der Waals surface area (Å²) >= 11 is 0. The topological polar surface area (TPSA) is 68.3 Å². The van der Waals surface area contributed by atoms with Crippen molar-refractivity contribution in [2.75, 3.05) is 33.2 Å². The van der Waals surface area contributed by atoms with E-state index in [2.05, 4.69) is 43.5 Å². The summed E-state index contributed by atoms with van der Waals surface area (Å²) in [6.45, 7) is 6.35. The summed E-state index contributed by atoms with van der Waals surface area (Å²) in [7, 11) is 1.82. The van der Waals surface area contributed by atoms with E-state index in [1.807, 2.05) is 25.2 Å². The molecule has 1 aliphatic rings. The van der Waals surface area contributed by atoms with Crippen LogP contribution in [-0.4, -0.2) is 60.1 Å². The molecule has 0 bridgehead atoms. The molecule has 3 N–H and O–H groups in total. The van der Waals surface area contributed by atoms with Crippen LogP contribution in [0.3, 0.4) is 0 Å². The SMILES string of the molecule is CCN1CCCC1CNC(=NC)NCCc1nc2ccccc2[nH]1.I. The standard InChI is InChI=1S/C18H28N6.HI/c1-3-24-12-6-7-14(24)13-21-18(19-2)20-11-10-17-22-15-8-4-5-9-16(15)23-17;/h4-5,8-9,14H,3,6-7,10-13H2,1-2H3,(H,22,23)(H2,19,20,21);1H. The van der Waals surface area contributed by atoms with Gasteiger partial charge >= 0.3 is 0 Å². The van der Waals surface area contributed by atoms with Crippen LogP contribution < -0.4 is 10.6 Å². The number of aromatic nitrogens is 2. The van der Waals surface area contributed by atoms with Gasteiger partial charge in [-0.05, 0) is 38.1 Å². The molecule has 3 rings (SSSR count). The summed E-state index contributed by atoms with van der Waals surface area (Å²) in [5.74, 6) is 1.88. The van der Waals surface area contributed by atoms with Crippen molar-refractivity contribution in [1.29, 1.82) is 0 Å². The lowest BCUT2D eigenvalue weighted by molar-refractivity contribution is 0.267. The summed E-state index contributed by atoms with van der Waals surface area (Å²) in [5, 5.41) is 6.83.